The van der Waals surface area contributed by atoms with Gasteiger partial charge in [-0.25, -0.2) is 9.78 Å². The molecule has 0 radical (unpaired) electrons. The highest BCUT2D eigenvalue weighted by Gasteiger charge is 2.30. The molecular formula is C26H39N7O6S. The van der Waals surface area contributed by atoms with Crippen molar-refractivity contribution in [3.8, 4) is 5.75 Å². The molecule has 2 rings (SSSR count). The van der Waals surface area contributed by atoms with Gasteiger partial charge >= 0.3 is 5.97 Å². The number of carboxylic acid groups (broad SMARTS) is 1. The molecule has 0 saturated carbocycles. The third-order valence-electron chi connectivity index (χ3n) is 6.15. The fourth-order valence-corrected chi connectivity index (χ4v) is 4.35. The molecule has 1 aromatic heterocycles. The molecule has 13 nitrogen and oxygen atoms in total. The van der Waals surface area contributed by atoms with Crippen molar-refractivity contribution in [1.82, 2.24) is 25.9 Å². The number of phenols is 1. The lowest BCUT2D eigenvalue weighted by atomic mass is 10.0. The van der Waals surface area contributed by atoms with Gasteiger partial charge in [-0.1, -0.05) is 12.1 Å². The maximum atomic E-state index is 13.4. The molecule has 3 amide bonds. The number of carboxylic acids is 1. The Morgan fingerprint density at radius 1 is 0.950 bits per heavy atom. The minimum absolute atomic E-state index is 0.0241. The molecule has 0 aliphatic heterocycles. The summed E-state index contributed by atoms with van der Waals surface area (Å²) >= 11 is 1.45. The van der Waals surface area contributed by atoms with E-state index in [0.717, 1.165) is 5.56 Å². The lowest BCUT2D eigenvalue weighted by Crippen LogP contribution is -2.57. The maximum Gasteiger partial charge on any atom is 0.326 e. The summed E-state index contributed by atoms with van der Waals surface area (Å²) in [6, 6.07) is 2.04. The number of carbonyl (C=O) groups is 4. The van der Waals surface area contributed by atoms with Crippen LogP contribution in [0.3, 0.4) is 0 Å². The smallest absolute Gasteiger partial charge is 0.326 e. The van der Waals surface area contributed by atoms with Crippen LogP contribution in [0, 0.1) is 0 Å². The second kappa shape index (κ2) is 17.2. The Morgan fingerprint density at radius 2 is 1.60 bits per heavy atom. The SMILES string of the molecule is CSCCC(NC(=O)C(Cc1cnc[nH]1)NC(=O)C(CCCCN)NC(=O)C(N)Cc1ccc(O)cc1)C(=O)O. The summed E-state index contributed by atoms with van der Waals surface area (Å²) in [4.78, 5) is 57.9. The Balaban J connectivity index is 2.15. The van der Waals surface area contributed by atoms with Gasteiger partial charge in [0.25, 0.3) is 0 Å². The predicted molar refractivity (Wildman–Crippen MR) is 151 cm³/mol. The van der Waals surface area contributed by atoms with Crippen molar-refractivity contribution in [2.45, 2.75) is 62.7 Å². The minimum Gasteiger partial charge on any atom is -0.508 e. The lowest BCUT2D eigenvalue weighted by Gasteiger charge is -2.25. The van der Waals surface area contributed by atoms with Gasteiger partial charge in [-0.05, 0) is 68.4 Å². The van der Waals surface area contributed by atoms with Crippen molar-refractivity contribution >= 4 is 35.5 Å². The number of amides is 3. The second-order valence-corrected chi connectivity index (χ2v) is 10.3. The Kier molecular flexibility index (Phi) is 14.0. The van der Waals surface area contributed by atoms with E-state index in [9.17, 15) is 29.4 Å². The van der Waals surface area contributed by atoms with E-state index < -0.39 is 47.9 Å². The van der Waals surface area contributed by atoms with Crippen LogP contribution in [0.15, 0.2) is 36.8 Å². The third-order valence-corrected chi connectivity index (χ3v) is 6.79. The zero-order valence-corrected chi connectivity index (χ0v) is 23.3. The van der Waals surface area contributed by atoms with Crippen molar-refractivity contribution in [1.29, 1.82) is 0 Å². The monoisotopic (exact) mass is 577 g/mol. The molecule has 0 saturated heterocycles. The number of imidazole rings is 1. The van der Waals surface area contributed by atoms with E-state index in [1.54, 1.807) is 12.1 Å². The fourth-order valence-electron chi connectivity index (χ4n) is 3.88. The number of hydrogen-bond donors (Lipinski definition) is 8. The number of rotatable bonds is 18. The number of nitrogens with two attached hydrogens (primary N) is 2. The highest BCUT2D eigenvalue weighted by Crippen LogP contribution is 2.12. The quantitative estimate of drug-likeness (QED) is 0.107. The molecule has 14 heteroatoms. The van der Waals surface area contributed by atoms with E-state index in [1.165, 1.54) is 36.4 Å². The van der Waals surface area contributed by atoms with Gasteiger partial charge in [0.2, 0.25) is 17.7 Å². The van der Waals surface area contributed by atoms with Gasteiger partial charge in [-0.3, -0.25) is 14.4 Å². The molecule has 0 spiro atoms. The number of H-pyrrole nitrogens is 1. The van der Waals surface area contributed by atoms with Crippen LogP contribution >= 0.6 is 11.8 Å². The second-order valence-electron chi connectivity index (χ2n) is 9.35. The van der Waals surface area contributed by atoms with Gasteiger partial charge in [0.15, 0.2) is 0 Å². The molecule has 1 heterocycles. The molecule has 0 aliphatic carbocycles. The number of nitrogens with one attached hydrogen (secondary N) is 4. The van der Waals surface area contributed by atoms with Crippen LogP contribution in [0.5, 0.6) is 5.75 Å². The maximum absolute atomic E-state index is 13.4. The fraction of sp³-hybridized carbons (Fsp3) is 0.500. The van der Waals surface area contributed by atoms with Crippen molar-refractivity contribution in [2.24, 2.45) is 11.5 Å². The Bertz CT molecular complexity index is 1080. The zero-order chi connectivity index (χ0) is 29.5. The summed E-state index contributed by atoms with van der Waals surface area (Å²) in [6.45, 7) is 0.403. The van der Waals surface area contributed by atoms with Crippen LogP contribution in [0.4, 0.5) is 0 Å². The summed E-state index contributed by atoms with van der Waals surface area (Å²) in [7, 11) is 0. The molecule has 1 aromatic carbocycles. The number of hydrogen-bond acceptors (Lipinski definition) is 9. The first-order valence-corrected chi connectivity index (χ1v) is 14.4. The molecule has 0 bridgehead atoms. The number of aromatic hydroxyl groups is 1. The first-order valence-electron chi connectivity index (χ1n) is 13.0. The van der Waals surface area contributed by atoms with Crippen LogP contribution in [-0.4, -0.2) is 86.6 Å². The number of benzene rings is 1. The van der Waals surface area contributed by atoms with Crippen molar-refractivity contribution in [3.63, 3.8) is 0 Å². The first-order chi connectivity index (χ1) is 19.1. The Morgan fingerprint density at radius 3 is 2.20 bits per heavy atom. The van der Waals surface area contributed by atoms with E-state index in [1.807, 2.05) is 6.26 Å². The molecule has 10 N–H and O–H groups in total. The van der Waals surface area contributed by atoms with E-state index in [2.05, 4.69) is 25.9 Å². The molecule has 0 fully saturated rings. The van der Waals surface area contributed by atoms with E-state index in [-0.39, 0.29) is 31.4 Å². The minimum atomic E-state index is -1.18. The van der Waals surface area contributed by atoms with E-state index >= 15 is 0 Å². The lowest BCUT2D eigenvalue weighted by molar-refractivity contribution is -0.142. The zero-order valence-electron chi connectivity index (χ0n) is 22.5. The number of unbranched alkanes of at least 4 members (excludes halogenated alkanes) is 1. The molecule has 4 atom stereocenters. The number of thioether (sulfide) groups is 1. The van der Waals surface area contributed by atoms with Crippen LogP contribution in [-0.2, 0) is 32.0 Å². The standard InChI is InChI=1S/C26H39N7O6S/c1-40-11-9-21(26(38)39)32-25(37)22(13-17-14-29-15-30-17)33-24(36)20(4-2-3-10-27)31-23(35)19(28)12-16-5-7-18(34)8-6-16/h5-8,14-15,19-22,34H,2-4,9-13,27-28H2,1H3,(H,29,30)(H,31,35)(H,32,37)(H,33,36)(H,38,39). The molecule has 40 heavy (non-hydrogen) atoms. The molecule has 2 aromatic rings. The van der Waals surface area contributed by atoms with Gasteiger partial charge < -0.3 is 42.6 Å². The number of aliphatic carboxylic acids is 1. The number of aromatic amines is 1. The highest BCUT2D eigenvalue weighted by molar-refractivity contribution is 7.98. The topological polar surface area (TPSA) is 226 Å². The van der Waals surface area contributed by atoms with Crippen molar-refractivity contribution in [3.05, 3.63) is 48.0 Å². The summed E-state index contributed by atoms with van der Waals surface area (Å²) < 4.78 is 0. The van der Waals surface area contributed by atoms with Gasteiger partial charge in [-0.2, -0.15) is 11.8 Å². The summed E-state index contributed by atoms with van der Waals surface area (Å²) in [5.74, 6) is -2.41. The summed E-state index contributed by atoms with van der Waals surface area (Å²) in [5, 5.41) is 26.9. The average Bonchev–Trinajstić information content (AvgIpc) is 3.44. The molecule has 4 unspecified atom stereocenters. The van der Waals surface area contributed by atoms with E-state index in [4.69, 9.17) is 11.5 Å². The Labute approximate surface area is 237 Å². The predicted octanol–water partition coefficient (Wildman–Crippen LogP) is -0.351. The van der Waals surface area contributed by atoms with Crippen LogP contribution in [0.1, 0.15) is 36.9 Å². The van der Waals surface area contributed by atoms with Crippen LogP contribution in [0.25, 0.3) is 0 Å². The van der Waals surface area contributed by atoms with Gasteiger partial charge in [0.05, 0.1) is 12.4 Å². The van der Waals surface area contributed by atoms with Gasteiger partial charge in [0.1, 0.15) is 23.9 Å². The molecule has 220 valence electrons. The first kappa shape index (κ1) is 32.6. The van der Waals surface area contributed by atoms with Crippen molar-refractivity contribution in [2.75, 3.05) is 18.6 Å². The van der Waals surface area contributed by atoms with Gasteiger partial charge in [0, 0.05) is 18.3 Å². The largest absolute Gasteiger partial charge is 0.508 e. The molecule has 0 aliphatic rings. The Hall–Kier alpha value is -3.62. The molecular weight excluding hydrogens is 538 g/mol. The third kappa shape index (κ3) is 11.2. The van der Waals surface area contributed by atoms with Crippen LogP contribution in [0.2, 0.25) is 0 Å². The number of carbonyl (C=O) groups excluding carboxylic acids is 3. The van der Waals surface area contributed by atoms with Crippen LogP contribution < -0.4 is 27.4 Å². The number of phenolic OH excluding ortho intramolecular Hbond substituents is 1. The normalized spacial score (nSPS) is 14.0. The van der Waals surface area contributed by atoms with E-state index in [0.29, 0.717) is 30.8 Å². The average molecular weight is 578 g/mol. The highest BCUT2D eigenvalue weighted by atomic mass is 32.2. The summed E-state index contributed by atoms with van der Waals surface area (Å²) in [6.07, 6.45) is 6.58. The number of nitrogens with zero attached hydrogens (tertiary/aromatic N) is 1. The van der Waals surface area contributed by atoms with Gasteiger partial charge in [-0.15, -0.1) is 0 Å². The summed E-state index contributed by atoms with van der Waals surface area (Å²) in [5.41, 5.74) is 13.0. The van der Waals surface area contributed by atoms with Crippen molar-refractivity contribution < 1.29 is 29.4 Å². The number of aromatic nitrogens is 2.